The van der Waals surface area contributed by atoms with Crippen LogP contribution in [0.25, 0.3) is 0 Å². The molecule has 0 fully saturated rings. The maximum absolute atomic E-state index is 11.9. The molecule has 1 aromatic carbocycles. The van der Waals surface area contributed by atoms with Crippen LogP contribution in [-0.2, 0) is 9.53 Å². The number of amides is 1. The Labute approximate surface area is 137 Å². The number of ether oxygens (including phenoxy) is 1. The van der Waals surface area contributed by atoms with E-state index in [0.717, 1.165) is 15.6 Å². The van der Waals surface area contributed by atoms with Gasteiger partial charge in [-0.05, 0) is 47.0 Å². The van der Waals surface area contributed by atoms with Crippen molar-refractivity contribution in [3.05, 3.63) is 57.8 Å². The van der Waals surface area contributed by atoms with E-state index >= 15 is 0 Å². The topological polar surface area (TPSA) is 71.2 Å². The second-order valence-electron chi connectivity index (χ2n) is 4.95. The van der Waals surface area contributed by atoms with Crippen molar-refractivity contribution in [1.82, 2.24) is 10.3 Å². The molecule has 1 atom stereocenters. The minimum absolute atomic E-state index is 0.146. The summed E-state index contributed by atoms with van der Waals surface area (Å²) >= 11 is 3.23. The molecule has 2 N–H and O–H groups in total. The highest BCUT2D eigenvalue weighted by molar-refractivity contribution is 9.10. The molecule has 1 amide bonds. The van der Waals surface area contributed by atoms with Gasteiger partial charge in [0.25, 0.3) is 5.91 Å². The molecule has 2 aromatic rings. The summed E-state index contributed by atoms with van der Waals surface area (Å²) in [5, 5.41) is 2.81. The molecule has 0 aliphatic heterocycles. The molecule has 1 heterocycles. The minimum Gasteiger partial charge on any atom is -0.451 e. The molecule has 0 spiro atoms. The zero-order valence-electron chi connectivity index (χ0n) is 12.4. The van der Waals surface area contributed by atoms with E-state index in [9.17, 15) is 9.59 Å². The number of hydrogen-bond donors (Lipinski definition) is 2. The van der Waals surface area contributed by atoms with Crippen molar-refractivity contribution in [2.45, 2.75) is 19.9 Å². The highest BCUT2D eigenvalue weighted by Gasteiger charge is 2.15. The second-order valence-corrected chi connectivity index (χ2v) is 5.87. The van der Waals surface area contributed by atoms with Gasteiger partial charge in [0.15, 0.2) is 6.61 Å². The molecule has 6 heteroatoms. The molecular formula is C16H17BrN2O3. The number of halogens is 1. The predicted octanol–water partition coefficient (Wildman–Crippen LogP) is 3.12. The largest absolute Gasteiger partial charge is 0.451 e. The van der Waals surface area contributed by atoms with E-state index in [0.29, 0.717) is 5.69 Å². The summed E-state index contributed by atoms with van der Waals surface area (Å²) in [5.74, 6) is -0.904. The lowest BCUT2D eigenvalue weighted by Gasteiger charge is -2.16. The van der Waals surface area contributed by atoms with Gasteiger partial charge in [-0.25, -0.2) is 4.79 Å². The zero-order chi connectivity index (χ0) is 16.1. The number of H-pyrrole nitrogens is 1. The Morgan fingerprint density at radius 3 is 2.73 bits per heavy atom. The number of aromatic nitrogens is 1. The van der Waals surface area contributed by atoms with Crippen LogP contribution < -0.4 is 5.32 Å². The van der Waals surface area contributed by atoms with E-state index < -0.39 is 5.97 Å². The number of esters is 1. The lowest BCUT2D eigenvalue weighted by Crippen LogP contribution is -2.31. The van der Waals surface area contributed by atoms with Gasteiger partial charge in [-0.1, -0.05) is 24.3 Å². The van der Waals surface area contributed by atoms with Crippen molar-refractivity contribution in [3.8, 4) is 0 Å². The third-order valence-corrected chi connectivity index (χ3v) is 3.69. The van der Waals surface area contributed by atoms with E-state index in [1.54, 1.807) is 12.3 Å². The SMILES string of the molecule is Cc1ccccc1C(C)NC(=O)COC(=O)c1cc(Br)c[nH]1. The molecule has 0 saturated heterocycles. The van der Waals surface area contributed by atoms with Crippen LogP contribution in [0, 0.1) is 6.92 Å². The van der Waals surface area contributed by atoms with Crippen LogP contribution in [0.1, 0.15) is 34.6 Å². The summed E-state index contributed by atoms with van der Waals surface area (Å²) in [6.07, 6.45) is 1.62. The first-order valence-corrected chi connectivity index (χ1v) is 7.62. The van der Waals surface area contributed by atoms with Gasteiger partial charge in [0.1, 0.15) is 5.69 Å². The van der Waals surface area contributed by atoms with Crippen molar-refractivity contribution < 1.29 is 14.3 Å². The highest BCUT2D eigenvalue weighted by Crippen LogP contribution is 2.16. The average molecular weight is 365 g/mol. The second kappa shape index (κ2) is 7.26. The number of carbonyl (C=O) groups is 2. The molecule has 0 radical (unpaired) electrons. The van der Waals surface area contributed by atoms with Crippen molar-refractivity contribution in [2.24, 2.45) is 0 Å². The van der Waals surface area contributed by atoms with Crippen LogP contribution in [0.15, 0.2) is 41.0 Å². The number of aromatic amines is 1. The van der Waals surface area contributed by atoms with Crippen LogP contribution in [0.4, 0.5) is 0 Å². The fraction of sp³-hybridized carbons (Fsp3) is 0.250. The standard InChI is InChI=1S/C16H17BrN2O3/c1-10-5-3-4-6-13(10)11(2)19-15(20)9-22-16(21)14-7-12(17)8-18-14/h3-8,11,18H,9H2,1-2H3,(H,19,20). The van der Waals surface area contributed by atoms with Gasteiger partial charge in [0.05, 0.1) is 6.04 Å². The van der Waals surface area contributed by atoms with E-state index in [-0.39, 0.29) is 18.6 Å². The molecule has 116 valence electrons. The normalized spacial score (nSPS) is 11.8. The smallest absolute Gasteiger partial charge is 0.355 e. The first-order chi connectivity index (χ1) is 10.5. The van der Waals surface area contributed by atoms with Gasteiger partial charge in [-0.2, -0.15) is 0 Å². The molecule has 0 aliphatic carbocycles. The molecule has 0 aliphatic rings. The van der Waals surface area contributed by atoms with Gasteiger partial charge in [-0.3, -0.25) is 4.79 Å². The molecule has 22 heavy (non-hydrogen) atoms. The summed E-state index contributed by atoms with van der Waals surface area (Å²) in [5.41, 5.74) is 2.44. The first-order valence-electron chi connectivity index (χ1n) is 6.83. The number of rotatable bonds is 5. The van der Waals surface area contributed by atoms with Crippen LogP contribution in [0.3, 0.4) is 0 Å². The van der Waals surface area contributed by atoms with Crippen molar-refractivity contribution in [1.29, 1.82) is 0 Å². The summed E-state index contributed by atoms with van der Waals surface area (Å²) in [7, 11) is 0. The molecule has 2 rings (SSSR count). The quantitative estimate of drug-likeness (QED) is 0.800. The number of hydrogen-bond acceptors (Lipinski definition) is 3. The Morgan fingerprint density at radius 2 is 2.09 bits per heavy atom. The fourth-order valence-corrected chi connectivity index (χ4v) is 2.47. The van der Waals surface area contributed by atoms with Crippen molar-refractivity contribution >= 4 is 27.8 Å². The van der Waals surface area contributed by atoms with Crippen molar-refractivity contribution in [2.75, 3.05) is 6.61 Å². The van der Waals surface area contributed by atoms with Crippen molar-refractivity contribution in [3.63, 3.8) is 0 Å². The summed E-state index contributed by atoms with van der Waals surface area (Å²) in [6, 6.07) is 9.27. The number of carbonyl (C=O) groups excluding carboxylic acids is 2. The minimum atomic E-state index is -0.565. The molecule has 1 aromatic heterocycles. The van der Waals surface area contributed by atoms with Gasteiger partial charge in [-0.15, -0.1) is 0 Å². The number of benzene rings is 1. The van der Waals surface area contributed by atoms with E-state index in [1.165, 1.54) is 0 Å². The average Bonchev–Trinajstić information content (AvgIpc) is 2.91. The molecule has 1 unspecified atom stereocenters. The van der Waals surface area contributed by atoms with Gasteiger partial charge >= 0.3 is 5.97 Å². The maximum Gasteiger partial charge on any atom is 0.355 e. The Kier molecular flexibility index (Phi) is 5.38. The number of aryl methyl sites for hydroxylation is 1. The molecule has 0 bridgehead atoms. The Morgan fingerprint density at radius 1 is 1.36 bits per heavy atom. The molecule has 0 saturated carbocycles. The Hall–Kier alpha value is -2.08. The summed E-state index contributed by atoms with van der Waals surface area (Å²) in [6.45, 7) is 3.57. The van der Waals surface area contributed by atoms with E-state index in [4.69, 9.17) is 4.74 Å². The molecular weight excluding hydrogens is 348 g/mol. The maximum atomic E-state index is 11.9. The summed E-state index contributed by atoms with van der Waals surface area (Å²) < 4.78 is 5.71. The third-order valence-electron chi connectivity index (χ3n) is 3.23. The fourth-order valence-electron chi connectivity index (χ4n) is 2.13. The predicted molar refractivity (Wildman–Crippen MR) is 86.5 cm³/mol. The van der Waals surface area contributed by atoms with Crippen LogP contribution in [-0.4, -0.2) is 23.5 Å². The van der Waals surface area contributed by atoms with E-state index in [2.05, 4.69) is 26.2 Å². The van der Waals surface area contributed by atoms with Gasteiger partial charge in [0.2, 0.25) is 0 Å². The van der Waals surface area contributed by atoms with Crippen LogP contribution in [0.5, 0.6) is 0 Å². The van der Waals surface area contributed by atoms with Crippen LogP contribution in [0.2, 0.25) is 0 Å². The Bertz CT molecular complexity index is 682. The number of nitrogens with one attached hydrogen (secondary N) is 2. The van der Waals surface area contributed by atoms with Crippen LogP contribution >= 0.6 is 15.9 Å². The lowest BCUT2D eigenvalue weighted by atomic mass is 10.0. The lowest BCUT2D eigenvalue weighted by molar-refractivity contribution is -0.124. The van der Waals surface area contributed by atoms with E-state index in [1.807, 2.05) is 38.1 Å². The van der Waals surface area contributed by atoms with Gasteiger partial charge < -0.3 is 15.0 Å². The highest BCUT2D eigenvalue weighted by atomic mass is 79.9. The monoisotopic (exact) mass is 364 g/mol. The zero-order valence-corrected chi connectivity index (χ0v) is 13.9. The molecule has 5 nitrogen and oxygen atoms in total. The third kappa shape index (κ3) is 4.21. The first kappa shape index (κ1) is 16.3. The van der Waals surface area contributed by atoms with Gasteiger partial charge in [0, 0.05) is 10.7 Å². The summed E-state index contributed by atoms with van der Waals surface area (Å²) in [4.78, 5) is 26.3. The Balaban J connectivity index is 1.85.